The molecule has 0 aliphatic rings. The zero-order valence-electron chi connectivity index (χ0n) is 14.7. The number of carbonyl (C=O) groups is 3. The first-order valence-corrected chi connectivity index (χ1v) is 8.15. The van der Waals surface area contributed by atoms with Gasteiger partial charge in [0.25, 0.3) is 0 Å². The monoisotopic (exact) mass is 356 g/mol. The number of hydrogen-bond acceptors (Lipinski definition) is 5. The van der Waals surface area contributed by atoms with E-state index in [9.17, 15) is 14.4 Å². The van der Waals surface area contributed by atoms with Gasteiger partial charge in [-0.05, 0) is 43.2 Å². The Balaban J connectivity index is 2.11. The summed E-state index contributed by atoms with van der Waals surface area (Å²) in [5.74, 6) is -1.24. The van der Waals surface area contributed by atoms with Crippen molar-refractivity contribution in [3.05, 3.63) is 64.7 Å². The molecule has 2 rings (SSSR count). The highest BCUT2D eigenvalue weighted by atomic mass is 16.5. The molecule has 0 aliphatic carbocycles. The van der Waals surface area contributed by atoms with Gasteiger partial charge >= 0.3 is 11.9 Å². The smallest absolute Gasteiger partial charge is 0.338 e. The number of carboxylic acid groups (broad SMARTS) is 1. The lowest BCUT2D eigenvalue weighted by atomic mass is 10.0. The summed E-state index contributed by atoms with van der Waals surface area (Å²) in [5.41, 5.74) is 2.02. The minimum atomic E-state index is -0.883. The van der Waals surface area contributed by atoms with Gasteiger partial charge in [-0.2, -0.15) is 0 Å². The van der Waals surface area contributed by atoms with Crippen LogP contribution in [-0.4, -0.2) is 29.4 Å². The highest BCUT2D eigenvalue weighted by Crippen LogP contribution is 2.21. The number of hydrogen-bond donors (Lipinski definition) is 1. The summed E-state index contributed by atoms with van der Waals surface area (Å²) in [6.45, 7) is 3.54. The Bertz CT molecular complexity index is 808. The number of benzene rings is 2. The van der Waals surface area contributed by atoms with Crippen LogP contribution in [0.25, 0.3) is 0 Å². The van der Waals surface area contributed by atoms with Crippen LogP contribution < -0.4 is 4.74 Å². The molecule has 6 nitrogen and oxygen atoms in total. The van der Waals surface area contributed by atoms with E-state index in [0.29, 0.717) is 11.3 Å². The van der Waals surface area contributed by atoms with Crippen molar-refractivity contribution in [2.75, 3.05) is 6.61 Å². The van der Waals surface area contributed by atoms with E-state index >= 15 is 0 Å². The van der Waals surface area contributed by atoms with Gasteiger partial charge in [0.1, 0.15) is 12.4 Å². The van der Waals surface area contributed by atoms with E-state index in [0.717, 1.165) is 5.56 Å². The second kappa shape index (κ2) is 8.80. The van der Waals surface area contributed by atoms with Crippen molar-refractivity contribution in [3.8, 4) is 5.75 Å². The van der Waals surface area contributed by atoms with E-state index in [1.807, 2.05) is 0 Å². The Morgan fingerprint density at radius 2 is 1.62 bits per heavy atom. The average molecular weight is 356 g/mol. The van der Waals surface area contributed by atoms with Crippen molar-refractivity contribution in [1.82, 2.24) is 0 Å². The lowest BCUT2D eigenvalue weighted by Gasteiger charge is -2.11. The fourth-order valence-corrected chi connectivity index (χ4v) is 2.39. The Morgan fingerprint density at radius 1 is 0.962 bits per heavy atom. The third-order valence-corrected chi connectivity index (χ3v) is 3.65. The molecule has 0 unspecified atom stereocenters. The minimum Gasteiger partial charge on any atom is -0.489 e. The lowest BCUT2D eigenvalue weighted by Crippen LogP contribution is -2.11. The molecular weight excluding hydrogens is 336 g/mol. The van der Waals surface area contributed by atoms with E-state index in [4.69, 9.17) is 14.6 Å². The van der Waals surface area contributed by atoms with Crippen LogP contribution in [0.4, 0.5) is 0 Å². The van der Waals surface area contributed by atoms with Gasteiger partial charge in [0.2, 0.25) is 0 Å². The third kappa shape index (κ3) is 5.17. The summed E-state index contributed by atoms with van der Waals surface area (Å²) in [7, 11) is 0. The molecular formula is C20H20O6. The molecule has 0 radical (unpaired) electrons. The van der Waals surface area contributed by atoms with Crippen LogP contribution in [0, 0.1) is 0 Å². The van der Waals surface area contributed by atoms with Crippen molar-refractivity contribution < 1.29 is 29.0 Å². The van der Waals surface area contributed by atoms with Crippen LogP contribution >= 0.6 is 0 Å². The van der Waals surface area contributed by atoms with Crippen LogP contribution in [0.3, 0.4) is 0 Å². The molecule has 1 N–H and O–H groups in total. The number of Topliss-reactive ketones (excluding diaryl/α,β-unsaturated/α-hetero) is 1. The Morgan fingerprint density at radius 3 is 2.19 bits per heavy atom. The van der Waals surface area contributed by atoms with E-state index in [1.165, 1.54) is 13.0 Å². The van der Waals surface area contributed by atoms with E-state index < -0.39 is 11.9 Å². The largest absolute Gasteiger partial charge is 0.489 e. The van der Waals surface area contributed by atoms with E-state index in [1.54, 1.807) is 43.3 Å². The highest BCUT2D eigenvalue weighted by Gasteiger charge is 2.17. The first-order valence-electron chi connectivity index (χ1n) is 8.15. The molecule has 0 heterocycles. The summed E-state index contributed by atoms with van der Waals surface area (Å²) in [6.07, 6.45) is -0.0312. The fraction of sp³-hybridized carbons (Fsp3) is 0.250. The summed E-state index contributed by atoms with van der Waals surface area (Å²) in [6, 6.07) is 11.7. The minimum absolute atomic E-state index is 0.0312. The predicted octanol–water partition coefficient (Wildman–Crippen LogP) is 3.27. The summed E-state index contributed by atoms with van der Waals surface area (Å²) >= 11 is 0. The molecule has 2 aromatic carbocycles. The van der Waals surface area contributed by atoms with Gasteiger partial charge in [0.15, 0.2) is 5.78 Å². The second-order valence-corrected chi connectivity index (χ2v) is 5.66. The third-order valence-electron chi connectivity index (χ3n) is 3.65. The molecule has 0 aromatic heterocycles. The van der Waals surface area contributed by atoms with Crippen LogP contribution in [0.1, 0.15) is 45.7 Å². The predicted molar refractivity (Wildman–Crippen MR) is 94.5 cm³/mol. The topological polar surface area (TPSA) is 89.9 Å². The number of rotatable bonds is 8. The fourth-order valence-electron chi connectivity index (χ4n) is 2.39. The van der Waals surface area contributed by atoms with Gasteiger partial charge in [-0.25, -0.2) is 4.79 Å². The Kier molecular flexibility index (Phi) is 6.49. The zero-order valence-corrected chi connectivity index (χ0v) is 14.7. The summed E-state index contributed by atoms with van der Waals surface area (Å²) in [4.78, 5) is 34.4. The standard InChI is InChI=1S/C20H20O6/c1-3-25-20(24)18-11-16(8-9-17(18)13(2)21)26-12-15-6-4-14(5-7-15)10-19(22)23/h4-9,11H,3,10,12H2,1-2H3,(H,22,23). The molecule has 0 saturated carbocycles. The van der Waals surface area contributed by atoms with Gasteiger partial charge in [0.05, 0.1) is 18.6 Å². The number of carboxylic acids is 1. The molecule has 0 fully saturated rings. The van der Waals surface area contributed by atoms with Crippen molar-refractivity contribution >= 4 is 17.7 Å². The highest BCUT2D eigenvalue weighted by molar-refractivity contribution is 6.05. The van der Waals surface area contributed by atoms with Crippen molar-refractivity contribution in [2.24, 2.45) is 0 Å². The molecule has 0 amide bonds. The van der Waals surface area contributed by atoms with Gasteiger partial charge in [-0.15, -0.1) is 0 Å². The number of ether oxygens (including phenoxy) is 2. The molecule has 26 heavy (non-hydrogen) atoms. The molecule has 0 aliphatic heterocycles. The van der Waals surface area contributed by atoms with Crippen LogP contribution in [0.2, 0.25) is 0 Å². The maximum Gasteiger partial charge on any atom is 0.338 e. The molecule has 136 valence electrons. The molecule has 2 aromatic rings. The number of carbonyl (C=O) groups excluding carboxylic acids is 2. The van der Waals surface area contributed by atoms with Crippen LogP contribution in [0.5, 0.6) is 5.75 Å². The normalized spacial score (nSPS) is 10.2. The van der Waals surface area contributed by atoms with Crippen molar-refractivity contribution in [3.63, 3.8) is 0 Å². The molecule has 0 saturated heterocycles. The van der Waals surface area contributed by atoms with Crippen LogP contribution in [-0.2, 0) is 22.6 Å². The first-order chi connectivity index (χ1) is 12.4. The van der Waals surface area contributed by atoms with Crippen LogP contribution in [0.15, 0.2) is 42.5 Å². The molecule has 6 heteroatoms. The van der Waals surface area contributed by atoms with Crippen molar-refractivity contribution in [2.45, 2.75) is 26.9 Å². The maximum absolute atomic E-state index is 12.0. The summed E-state index contributed by atoms with van der Waals surface area (Å²) < 4.78 is 10.7. The SMILES string of the molecule is CCOC(=O)c1cc(OCc2ccc(CC(=O)O)cc2)ccc1C(C)=O. The maximum atomic E-state index is 12.0. The average Bonchev–Trinajstić information content (AvgIpc) is 2.60. The number of aliphatic carboxylic acids is 1. The first kappa shape index (κ1) is 19.2. The summed E-state index contributed by atoms with van der Waals surface area (Å²) in [5, 5.41) is 8.77. The van der Waals surface area contributed by atoms with Gasteiger partial charge < -0.3 is 14.6 Å². The molecule has 0 bridgehead atoms. The van der Waals surface area contributed by atoms with Crippen molar-refractivity contribution in [1.29, 1.82) is 0 Å². The van der Waals surface area contributed by atoms with Gasteiger partial charge in [-0.3, -0.25) is 9.59 Å². The Hall–Kier alpha value is -3.15. The quantitative estimate of drug-likeness (QED) is 0.577. The molecule has 0 atom stereocenters. The second-order valence-electron chi connectivity index (χ2n) is 5.66. The number of ketones is 1. The van der Waals surface area contributed by atoms with E-state index in [-0.39, 0.29) is 36.5 Å². The van der Waals surface area contributed by atoms with Gasteiger partial charge in [0, 0.05) is 5.56 Å². The molecule has 0 spiro atoms. The number of esters is 1. The van der Waals surface area contributed by atoms with E-state index in [2.05, 4.69) is 0 Å². The lowest BCUT2D eigenvalue weighted by molar-refractivity contribution is -0.136. The van der Waals surface area contributed by atoms with Gasteiger partial charge in [-0.1, -0.05) is 24.3 Å². The Labute approximate surface area is 151 Å². The zero-order chi connectivity index (χ0) is 19.1.